The Hall–Kier alpha value is -0.430. The Bertz CT molecular complexity index is 308. The highest BCUT2D eigenvalue weighted by molar-refractivity contribution is 14.1. The van der Waals surface area contributed by atoms with Crippen molar-refractivity contribution in [2.24, 2.45) is 0 Å². The van der Waals surface area contributed by atoms with E-state index in [4.69, 9.17) is 0 Å². The number of nitrogens with one attached hydrogen (secondary N) is 1. The summed E-state index contributed by atoms with van der Waals surface area (Å²) in [5, 5.41) is 11.4. The number of nitrogens with zero attached hydrogens (tertiary/aromatic N) is 3. The number of rotatable bonds is 4. The van der Waals surface area contributed by atoms with E-state index in [1.807, 2.05) is 12.1 Å². The maximum Gasteiger partial charge on any atom is 0.148 e. The second-order valence-corrected chi connectivity index (χ2v) is 5.18. The smallest absolute Gasteiger partial charge is 0.148 e. The van der Waals surface area contributed by atoms with Gasteiger partial charge in [0, 0.05) is 13.1 Å². The number of piperidine rings is 1. The number of anilines is 1. The van der Waals surface area contributed by atoms with Crippen molar-refractivity contribution in [3.63, 3.8) is 0 Å². The van der Waals surface area contributed by atoms with Crippen molar-refractivity contribution in [1.29, 1.82) is 0 Å². The summed E-state index contributed by atoms with van der Waals surface area (Å²) < 4.78 is 0.930. The first-order valence-corrected chi connectivity index (χ1v) is 6.88. The lowest BCUT2D eigenvalue weighted by molar-refractivity contribution is 0.237. The third kappa shape index (κ3) is 3.86. The summed E-state index contributed by atoms with van der Waals surface area (Å²) in [5.41, 5.74) is 0. The quantitative estimate of drug-likeness (QED) is 0.856. The van der Waals surface area contributed by atoms with Crippen molar-refractivity contribution in [2.45, 2.75) is 19.3 Å². The average Bonchev–Trinajstić information content (AvgIpc) is 2.33. The monoisotopic (exact) mass is 332 g/mol. The first kappa shape index (κ1) is 12.0. The Kier molecular flexibility index (Phi) is 4.77. The first-order valence-electron chi connectivity index (χ1n) is 5.80. The Labute approximate surface area is 110 Å². The van der Waals surface area contributed by atoms with Crippen LogP contribution in [0, 0.1) is 3.70 Å². The second-order valence-electron chi connectivity index (χ2n) is 4.07. The molecule has 0 aliphatic carbocycles. The van der Waals surface area contributed by atoms with Crippen molar-refractivity contribution < 1.29 is 0 Å². The van der Waals surface area contributed by atoms with Gasteiger partial charge in [-0.3, -0.25) is 0 Å². The lowest BCUT2D eigenvalue weighted by Gasteiger charge is -2.26. The van der Waals surface area contributed by atoms with E-state index in [0.29, 0.717) is 0 Å². The molecule has 0 aromatic carbocycles. The molecule has 0 spiro atoms. The Morgan fingerprint density at radius 3 is 2.69 bits per heavy atom. The highest BCUT2D eigenvalue weighted by atomic mass is 127. The van der Waals surface area contributed by atoms with Crippen molar-refractivity contribution >= 4 is 28.4 Å². The molecule has 1 N–H and O–H groups in total. The topological polar surface area (TPSA) is 41.0 Å². The Morgan fingerprint density at radius 1 is 1.19 bits per heavy atom. The number of hydrogen-bond donors (Lipinski definition) is 1. The Balaban J connectivity index is 1.69. The number of hydrogen-bond acceptors (Lipinski definition) is 4. The minimum Gasteiger partial charge on any atom is -0.367 e. The molecule has 1 aromatic rings. The van der Waals surface area contributed by atoms with E-state index in [1.54, 1.807) is 0 Å². The van der Waals surface area contributed by atoms with Crippen LogP contribution >= 0.6 is 22.6 Å². The van der Waals surface area contributed by atoms with Crippen LogP contribution in [0.3, 0.4) is 0 Å². The van der Waals surface area contributed by atoms with E-state index >= 15 is 0 Å². The molecule has 4 nitrogen and oxygen atoms in total. The van der Waals surface area contributed by atoms with Crippen LogP contribution in [0.15, 0.2) is 12.1 Å². The lowest BCUT2D eigenvalue weighted by atomic mass is 10.1. The van der Waals surface area contributed by atoms with Crippen LogP contribution in [0.5, 0.6) is 0 Å². The van der Waals surface area contributed by atoms with Crippen LogP contribution in [-0.2, 0) is 0 Å². The van der Waals surface area contributed by atoms with E-state index in [0.717, 1.165) is 22.6 Å². The maximum absolute atomic E-state index is 4.07. The van der Waals surface area contributed by atoms with Crippen LogP contribution in [0.25, 0.3) is 0 Å². The number of aromatic nitrogens is 2. The SMILES string of the molecule is Ic1ccc(NCCN2CCCCC2)nn1. The summed E-state index contributed by atoms with van der Waals surface area (Å²) in [6, 6.07) is 3.95. The zero-order chi connectivity index (χ0) is 11.2. The highest BCUT2D eigenvalue weighted by Gasteiger charge is 2.08. The molecule has 0 radical (unpaired) electrons. The van der Waals surface area contributed by atoms with Gasteiger partial charge in [0.15, 0.2) is 0 Å². The molecule has 1 saturated heterocycles. The number of likely N-dealkylation sites (tertiary alicyclic amines) is 1. The van der Waals surface area contributed by atoms with Gasteiger partial charge in [-0.15, -0.1) is 10.2 Å². The zero-order valence-electron chi connectivity index (χ0n) is 9.32. The van der Waals surface area contributed by atoms with Gasteiger partial charge in [-0.25, -0.2) is 0 Å². The highest BCUT2D eigenvalue weighted by Crippen LogP contribution is 2.08. The molecule has 1 aliphatic heterocycles. The molecule has 88 valence electrons. The van der Waals surface area contributed by atoms with E-state index in [9.17, 15) is 0 Å². The molecule has 0 saturated carbocycles. The van der Waals surface area contributed by atoms with Crippen LogP contribution in [-0.4, -0.2) is 41.3 Å². The van der Waals surface area contributed by atoms with Crippen LogP contribution in [0.4, 0.5) is 5.82 Å². The summed E-state index contributed by atoms with van der Waals surface area (Å²) in [7, 11) is 0. The van der Waals surface area contributed by atoms with Crippen molar-refractivity contribution in [3.8, 4) is 0 Å². The fourth-order valence-corrected chi connectivity index (χ4v) is 2.22. The summed E-state index contributed by atoms with van der Waals surface area (Å²) in [6.07, 6.45) is 4.10. The van der Waals surface area contributed by atoms with E-state index in [-0.39, 0.29) is 0 Å². The third-order valence-corrected chi connectivity index (χ3v) is 3.39. The minimum atomic E-state index is 0.873. The fourth-order valence-electron chi connectivity index (χ4n) is 1.94. The summed E-state index contributed by atoms with van der Waals surface area (Å²) in [5.74, 6) is 0.873. The summed E-state index contributed by atoms with van der Waals surface area (Å²) in [6.45, 7) is 4.56. The lowest BCUT2D eigenvalue weighted by Crippen LogP contribution is -2.33. The van der Waals surface area contributed by atoms with Gasteiger partial charge in [0.2, 0.25) is 0 Å². The molecular formula is C11H17IN4. The predicted octanol–water partition coefficient (Wildman–Crippen LogP) is 1.98. The molecular weight excluding hydrogens is 315 g/mol. The number of halogens is 1. The van der Waals surface area contributed by atoms with Gasteiger partial charge in [-0.1, -0.05) is 6.42 Å². The van der Waals surface area contributed by atoms with Crippen LogP contribution in [0.2, 0.25) is 0 Å². The average molecular weight is 332 g/mol. The van der Waals surface area contributed by atoms with Crippen molar-refractivity contribution in [3.05, 3.63) is 15.8 Å². The van der Waals surface area contributed by atoms with E-state index < -0.39 is 0 Å². The molecule has 1 aliphatic rings. The molecule has 2 rings (SSSR count). The minimum absolute atomic E-state index is 0.873. The third-order valence-electron chi connectivity index (χ3n) is 2.81. The fraction of sp³-hybridized carbons (Fsp3) is 0.636. The van der Waals surface area contributed by atoms with Gasteiger partial charge < -0.3 is 10.2 Å². The summed E-state index contributed by atoms with van der Waals surface area (Å²) >= 11 is 2.16. The standard InChI is InChI=1S/C11H17IN4/c12-10-4-5-11(15-14-10)13-6-9-16-7-2-1-3-8-16/h4-5H,1-3,6-9H2,(H,13,15). The molecule has 16 heavy (non-hydrogen) atoms. The van der Waals surface area contributed by atoms with E-state index in [2.05, 4.69) is 43.0 Å². The molecule has 2 heterocycles. The second kappa shape index (κ2) is 6.34. The van der Waals surface area contributed by atoms with Gasteiger partial charge in [0.1, 0.15) is 9.52 Å². The van der Waals surface area contributed by atoms with Gasteiger partial charge in [-0.05, 0) is 60.7 Å². The van der Waals surface area contributed by atoms with Crippen molar-refractivity contribution in [1.82, 2.24) is 15.1 Å². The van der Waals surface area contributed by atoms with Crippen LogP contribution < -0.4 is 5.32 Å². The predicted molar refractivity (Wildman–Crippen MR) is 73.5 cm³/mol. The maximum atomic E-state index is 4.07. The zero-order valence-corrected chi connectivity index (χ0v) is 11.5. The van der Waals surface area contributed by atoms with Gasteiger partial charge in [-0.2, -0.15) is 0 Å². The largest absolute Gasteiger partial charge is 0.367 e. The molecule has 5 heteroatoms. The van der Waals surface area contributed by atoms with Gasteiger partial charge in [0.05, 0.1) is 0 Å². The van der Waals surface area contributed by atoms with Gasteiger partial charge >= 0.3 is 0 Å². The van der Waals surface area contributed by atoms with Crippen LogP contribution in [0.1, 0.15) is 19.3 Å². The molecule has 1 aromatic heterocycles. The van der Waals surface area contributed by atoms with E-state index in [1.165, 1.54) is 32.4 Å². The first-order chi connectivity index (χ1) is 7.84. The molecule has 0 amide bonds. The Morgan fingerprint density at radius 2 is 2.00 bits per heavy atom. The van der Waals surface area contributed by atoms with Crippen molar-refractivity contribution in [2.75, 3.05) is 31.5 Å². The molecule has 0 atom stereocenters. The molecule has 0 unspecified atom stereocenters. The summed E-state index contributed by atoms with van der Waals surface area (Å²) in [4.78, 5) is 2.51. The molecule has 1 fully saturated rings. The normalized spacial score (nSPS) is 17.3. The molecule has 0 bridgehead atoms. The van der Waals surface area contributed by atoms with Gasteiger partial charge in [0.25, 0.3) is 0 Å².